The summed E-state index contributed by atoms with van der Waals surface area (Å²) in [4.78, 5) is 20.5. The summed E-state index contributed by atoms with van der Waals surface area (Å²) in [6.45, 7) is 8.68. The largest absolute Gasteiger partial charge is 0.357 e. The number of thiophene rings is 1. The van der Waals surface area contributed by atoms with Gasteiger partial charge in [-0.05, 0) is 30.7 Å². The first-order valence-electron chi connectivity index (χ1n) is 6.72. The monoisotopic (exact) mass is 292 g/mol. The number of aromatic nitrogens is 2. The fraction of sp³-hybridized carbons (Fsp3) is 0.500. The smallest absolute Gasteiger partial charge is 0.242 e. The highest BCUT2D eigenvalue weighted by Gasteiger charge is 2.16. The molecule has 0 aliphatic carbocycles. The number of anilines is 1. The molecule has 0 aliphatic rings. The standard InChI is InChI=1S/C14H20N4OS/c1-8(2)5-15-14(19)10(4)18-13-12-11(16-7-17-13)9(3)6-20-12/h6-8,10H,5H2,1-4H3,(H,15,19)(H,16,17,18). The number of hydrogen-bond acceptors (Lipinski definition) is 5. The predicted octanol–water partition coefficient (Wildman–Crippen LogP) is 2.57. The van der Waals surface area contributed by atoms with Crippen LogP contribution in [0.3, 0.4) is 0 Å². The molecule has 2 N–H and O–H groups in total. The number of carbonyl (C=O) groups is 1. The Balaban J connectivity index is 2.10. The molecule has 0 saturated heterocycles. The van der Waals surface area contributed by atoms with Crippen LogP contribution in [0.25, 0.3) is 10.2 Å². The van der Waals surface area contributed by atoms with E-state index >= 15 is 0 Å². The minimum Gasteiger partial charge on any atom is -0.357 e. The van der Waals surface area contributed by atoms with Gasteiger partial charge in [0.25, 0.3) is 0 Å². The molecule has 0 saturated carbocycles. The quantitative estimate of drug-likeness (QED) is 0.889. The van der Waals surface area contributed by atoms with E-state index < -0.39 is 0 Å². The molecule has 0 fully saturated rings. The molecule has 5 nitrogen and oxygen atoms in total. The first kappa shape index (κ1) is 14.7. The van der Waals surface area contributed by atoms with Crippen LogP contribution in [-0.2, 0) is 4.79 Å². The molecule has 1 unspecified atom stereocenters. The lowest BCUT2D eigenvalue weighted by atomic mass is 10.2. The van der Waals surface area contributed by atoms with E-state index in [9.17, 15) is 4.79 Å². The Kier molecular flexibility index (Phi) is 4.54. The molecule has 1 atom stereocenters. The molecule has 6 heteroatoms. The summed E-state index contributed by atoms with van der Waals surface area (Å²) >= 11 is 1.59. The van der Waals surface area contributed by atoms with Gasteiger partial charge in [0.2, 0.25) is 5.91 Å². The van der Waals surface area contributed by atoms with Crippen molar-refractivity contribution < 1.29 is 4.79 Å². The lowest BCUT2D eigenvalue weighted by Gasteiger charge is -2.15. The second-order valence-electron chi connectivity index (χ2n) is 5.32. The average Bonchev–Trinajstić information content (AvgIpc) is 2.79. The summed E-state index contributed by atoms with van der Waals surface area (Å²) in [5.41, 5.74) is 2.08. The Labute approximate surface area is 122 Å². The number of rotatable bonds is 5. The van der Waals surface area contributed by atoms with Crippen molar-refractivity contribution in [3.63, 3.8) is 0 Å². The molecule has 2 rings (SSSR count). The lowest BCUT2D eigenvalue weighted by Crippen LogP contribution is -2.39. The van der Waals surface area contributed by atoms with E-state index in [4.69, 9.17) is 0 Å². The van der Waals surface area contributed by atoms with Crippen LogP contribution in [0.2, 0.25) is 0 Å². The third-order valence-electron chi connectivity index (χ3n) is 2.96. The van der Waals surface area contributed by atoms with E-state index in [1.165, 1.54) is 6.33 Å². The first-order chi connectivity index (χ1) is 9.49. The molecular weight excluding hydrogens is 272 g/mol. The van der Waals surface area contributed by atoms with E-state index in [1.807, 2.05) is 19.2 Å². The van der Waals surface area contributed by atoms with E-state index in [2.05, 4.69) is 34.4 Å². The van der Waals surface area contributed by atoms with Crippen molar-refractivity contribution in [3.05, 3.63) is 17.3 Å². The van der Waals surface area contributed by atoms with Crippen LogP contribution in [-0.4, -0.2) is 28.5 Å². The van der Waals surface area contributed by atoms with Gasteiger partial charge in [0.15, 0.2) is 0 Å². The molecule has 0 spiro atoms. The van der Waals surface area contributed by atoms with Crippen molar-refractivity contribution in [2.75, 3.05) is 11.9 Å². The van der Waals surface area contributed by atoms with Gasteiger partial charge >= 0.3 is 0 Å². The SMILES string of the molecule is Cc1csc2c(NC(C)C(=O)NCC(C)C)ncnc12. The van der Waals surface area contributed by atoms with E-state index in [1.54, 1.807) is 11.3 Å². The van der Waals surface area contributed by atoms with Crippen LogP contribution < -0.4 is 10.6 Å². The van der Waals surface area contributed by atoms with Gasteiger partial charge in [0.05, 0.1) is 10.2 Å². The highest BCUT2D eigenvalue weighted by Crippen LogP contribution is 2.28. The Bertz CT molecular complexity index is 608. The van der Waals surface area contributed by atoms with Gasteiger partial charge in [0, 0.05) is 6.54 Å². The van der Waals surface area contributed by atoms with Gasteiger partial charge in [-0.15, -0.1) is 11.3 Å². The molecule has 2 aromatic rings. The molecule has 0 aliphatic heterocycles. The van der Waals surface area contributed by atoms with Gasteiger partial charge in [-0.25, -0.2) is 9.97 Å². The summed E-state index contributed by atoms with van der Waals surface area (Å²) in [5.74, 6) is 1.15. The zero-order chi connectivity index (χ0) is 14.7. The number of nitrogens with one attached hydrogen (secondary N) is 2. The van der Waals surface area contributed by atoms with Crippen molar-refractivity contribution in [1.82, 2.24) is 15.3 Å². The van der Waals surface area contributed by atoms with E-state index in [0.29, 0.717) is 12.5 Å². The third kappa shape index (κ3) is 3.25. The van der Waals surface area contributed by atoms with Crippen LogP contribution in [0.15, 0.2) is 11.7 Å². The molecular formula is C14H20N4OS. The molecule has 2 heterocycles. The van der Waals surface area contributed by atoms with Gasteiger partial charge in [0.1, 0.15) is 18.2 Å². The molecule has 1 amide bonds. The highest BCUT2D eigenvalue weighted by molar-refractivity contribution is 7.18. The number of amides is 1. The van der Waals surface area contributed by atoms with Crippen LogP contribution >= 0.6 is 11.3 Å². The summed E-state index contributed by atoms with van der Waals surface area (Å²) in [6.07, 6.45) is 1.53. The average molecular weight is 292 g/mol. The third-order valence-corrected chi connectivity index (χ3v) is 4.06. The Morgan fingerprint density at radius 2 is 2.10 bits per heavy atom. The maximum absolute atomic E-state index is 12.0. The van der Waals surface area contributed by atoms with Crippen molar-refractivity contribution in [3.8, 4) is 0 Å². The minimum atomic E-state index is -0.325. The predicted molar refractivity (Wildman–Crippen MR) is 83.1 cm³/mol. The van der Waals surface area contributed by atoms with Crippen LogP contribution in [0.4, 0.5) is 5.82 Å². The number of aryl methyl sites for hydroxylation is 1. The zero-order valence-corrected chi connectivity index (χ0v) is 13.0. The van der Waals surface area contributed by atoms with Crippen LogP contribution in [0.5, 0.6) is 0 Å². The second kappa shape index (κ2) is 6.17. The Morgan fingerprint density at radius 1 is 1.35 bits per heavy atom. The summed E-state index contributed by atoms with van der Waals surface area (Å²) in [7, 11) is 0. The van der Waals surface area contributed by atoms with Crippen molar-refractivity contribution in [2.24, 2.45) is 5.92 Å². The van der Waals surface area contributed by atoms with Crippen LogP contribution in [0, 0.1) is 12.8 Å². The van der Waals surface area contributed by atoms with Gasteiger partial charge in [-0.2, -0.15) is 0 Å². The summed E-state index contributed by atoms with van der Waals surface area (Å²) in [5, 5.41) is 8.13. The topological polar surface area (TPSA) is 66.9 Å². The maximum atomic E-state index is 12.0. The van der Waals surface area contributed by atoms with Gasteiger partial charge in [-0.3, -0.25) is 4.79 Å². The molecule has 0 radical (unpaired) electrons. The fourth-order valence-corrected chi connectivity index (χ4v) is 2.76. The molecule has 108 valence electrons. The minimum absolute atomic E-state index is 0.0151. The van der Waals surface area contributed by atoms with Crippen molar-refractivity contribution in [1.29, 1.82) is 0 Å². The lowest BCUT2D eigenvalue weighted by molar-refractivity contribution is -0.121. The fourth-order valence-electron chi connectivity index (χ4n) is 1.80. The van der Waals surface area contributed by atoms with E-state index in [-0.39, 0.29) is 11.9 Å². The van der Waals surface area contributed by atoms with E-state index in [0.717, 1.165) is 21.6 Å². The van der Waals surface area contributed by atoms with Crippen LogP contribution in [0.1, 0.15) is 26.3 Å². The van der Waals surface area contributed by atoms with Crippen molar-refractivity contribution in [2.45, 2.75) is 33.7 Å². The summed E-state index contributed by atoms with van der Waals surface area (Å²) in [6, 6.07) is -0.325. The normalized spacial score (nSPS) is 12.7. The van der Waals surface area contributed by atoms with Gasteiger partial charge in [-0.1, -0.05) is 13.8 Å². The number of hydrogen-bond donors (Lipinski definition) is 2. The number of fused-ring (bicyclic) bond motifs is 1. The number of nitrogens with zero attached hydrogens (tertiary/aromatic N) is 2. The Hall–Kier alpha value is -1.69. The molecule has 0 bridgehead atoms. The van der Waals surface area contributed by atoms with Gasteiger partial charge < -0.3 is 10.6 Å². The second-order valence-corrected chi connectivity index (χ2v) is 6.20. The first-order valence-corrected chi connectivity index (χ1v) is 7.60. The summed E-state index contributed by atoms with van der Waals surface area (Å²) < 4.78 is 0.994. The molecule has 20 heavy (non-hydrogen) atoms. The Morgan fingerprint density at radius 3 is 2.80 bits per heavy atom. The van der Waals surface area contributed by atoms with Crippen molar-refractivity contribution >= 4 is 33.3 Å². The molecule has 0 aromatic carbocycles. The number of carbonyl (C=O) groups excluding carboxylic acids is 1. The zero-order valence-electron chi connectivity index (χ0n) is 12.2. The maximum Gasteiger partial charge on any atom is 0.242 e. The molecule has 2 aromatic heterocycles. The highest BCUT2D eigenvalue weighted by atomic mass is 32.1.